The van der Waals surface area contributed by atoms with Crippen LogP contribution >= 0.6 is 0 Å². The summed E-state index contributed by atoms with van der Waals surface area (Å²) in [7, 11) is 0. The topological polar surface area (TPSA) is 87.7 Å². The van der Waals surface area contributed by atoms with Gasteiger partial charge in [-0.3, -0.25) is 4.79 Å². The highest BCUT2D eigenvalue weighted by Gasteiger charge is 2.13. The Morgan fingerprint density at radius 2 is 2.05 bits per heavy atom. The van der Waals surface area contributed by atoms with E-state index in [9.17, 15) is 9.59 Å². The van der Waals surface area contributed by atoms with Gasteiger partial charge in [-0.15, -0.1) is 0 Å². The number of amides is 2. The van der Waals surface area contributed by atoms with Crippen LogP contribution in [0.15, 0.2) is 24.3 Å². The van der Waals surface area contributed by atoms with E-state index in [0.29, 0.717) is 19.6 Å². The van der Waals surface area contributed by atoms with E-state index in [4.69, 9.17) is 9.84 Å². The third-order valence-corrected chi connectivity index (χ3v) is 2.89. The van der Waals surface area contributed by atoms with E-state index < -0.39 is 5.97 Å². The molecule has 0 aliphatic rings. The number of ether oxygens (including phenoxy) is 1. The van der Waals surface area contributed by atoms with Crippen molar-refractivity contribution in [1.29, 1.82) is 0 Å². The fraction of sp³-hybridized carbons (Fsp3) is 0.467. The molecule has 0 spiro atoms. The van der Waals surface area contributed by atoms with Gasteiger partial charge in [-0.2, -0.15) is 0 Å². The van der Waals surface area contributed by atoms with Gasteiger partial charge in [-0.25, -0.2) is 4.79 Å². The molecule has 1 unspecified atom stereocenters. The molecule has 0 saturated carbocycles. The lowest BCUT2D eigenvalue weighted by Crippen LogP contribution is -2.37. The minimum Gasteiger partial charge on any atom is -0.494 e. The number of para-hydroxylation sites is 1. The van der Waals surface area contributed by atoms with E-state index >= 15 is 0 Å². The van der Waals surface area contributed by atoms with Crippen molar-refractivity contribution in [2.24, 2.45) is 0 Å². The van der Waals surface area contributed by atoms with Crippen LogP contribution in [0.4, 0.5) is 4.79 Å². The molecule has 0 radical (unpaired) electrons. The lowest BCUT2D eigenvalue weighted by molar-refractivity contribution is -0.137. The number of hydrogen-bond donors (Lipinski definition) is 3. The van der Waals surface area contributed by atoms with Crippen LogP contribution in [0.25, 0.3) is 0 Å². The number of hydrogen-bond acceptors (Lipinski definition) is 3. The van der Waals surface area contributed by atoms with Crippen molar-refractivity contribution in [3.63, 3.8) is 0 Å². The number of nitrogens with one attached hydrogen (secondary N) is 2. The molecule has 21 heavy (non-hydrogen) atoms. The van der Waals surface area contributed by atoms with Crippen LogP contribution in [-0.2, 0) is 4.79 Å². The van der Waals surface area contributed by atoms with Crippen molar-refractivity contribution in [3.05, 3.63) is 29.8 Å². The fourth-order valence-corrected chi connectivity index (χ4v) is 1.89. The summed E-state index contributed by atoms with van der Waals surface area (Å²) in [5.41, 5.74) is 0.903. The Morgan fingerprint density at radius 1 is 1.33 bits per heavy atom. The van der Waals surface area contributed by atoms with E-state index in [2.05, 4.69) is 10.6 Å². The second kappa shape index (κ2) is 8.84. The smallest absolute Gasteiger partial charge is 0.315 e. The second-order valence-corrected chi connectivity index (χ2v) is 4.59. The van der Waals surface area contributed by atoms with Crippen molar-refractivity contribution >= 4 is 12.0 Å². The largest absolute Gasteiger partial charge is 0.494 e. The zero-order chi connectivity index (χ0) is 15.7. The number of aliphatic carboxylic acids is 1. The standard InChI is InChI=1S/C15H22N2O4/c1-3-21-13-8-5-4-7-12(13)11(2)17-15(20)16-10-6-9-14(18)19/h4-5,7-8,11H,3,6,9-10H2,1-2H3,(H,18,19)(H2,16,17,20). The Hall–Kier alpha value is -2.24. The van der Waals surface area contributed by atoms with Gasteiger partial charge in [0.25, 0.3) is 0 Å². The molecule has 1 rings (SSSR count). The number of benzene rings is 1. The summed E-state index contributed by atoms with van der Waals surface area (Å²) < 4.78 is 5.53. The quantitative estimate of drug-likeness (QED) is 0.642. The molecule has 2 amide bonds. The first-order chi connectivity index (χ1) is 10.0. The highest BCUT2D eigenvalue weighted by molar-refractivity contribution is 5.74. The van der Waals surface area contributed by atoms with Crippen LogP contribution < -0.4 is 15.4 Å². The lowest BCUT2D eigenvalue weighted by Gasteiger charge is -2.18. The van der Waals surface area contributed by atoms with Crippen LogP contribution in [0.3, 0.4) is 0 Å². The molecule has 0 saturated heterocycles. The van der Waals surface area contributed by atoms with Gasteiger partial charge >= 0.3 is 12.0 Å². The maximum absolute atomic E-state index is 11.7. The molecule has 0 aliphatic carbocycles. The number of urea groups is 1. The Balaban J connectivity index is 2.47. The summed E-state index contributed by atoms with van der Waals surface area (Å²) in [5, 5.41) is 14.0. The SMILES string of the molecule is CCOc1ccccc1C(C)NC(=O)NCCCC(=O)O. The first-order valence-corrected chi connectivity index (χ1v) is 7.02. The Labute approximate surface area is 124 Å². The number of carboxylic acid groups (broad SMARTS) is 1. The molecule has 1 atom stereocenters. The zero-order valence-electron chi connectivity index (χ0n) is 12.4. The minimum absolute atomic E-state index is 0.0446. The van der Waals surface area contributed by atoms with Crippen molar-refractivity contribution in [3.8, 4) is 5.75 Å². The van der Waals surface area contributed by atoms with Crippen molar-refractivity contribution in [2.75, 3.05) is 13.2 Å². The Bertz CT molecular complexity index is 476. The molecule has 0 heterocycles. The van der Waals surface area contributed by atoms with Gasteiger partial charge in [0, 0.05) is 18.5 Å². The first kappa shape index (κ1) is 16.8. The minimum atomic E-state index is -0.865. The van der Waals surface area contributed by atoms with Crippen LogP contribution in [0.1, 0.15) is 38.3 Å². The summed E-state index contributed by atoms with van der Waals surface area (Å²) in [6, 6.07) is 7.02. The lowest BCUT2D eigenvalue weighted by atomic mass is 10.1. The molecule has 0 bridgehead atoms. The highest BCUT2D eigenvalue weighted by Crippen LogP contribution is 2.24. The zero-order valence-corrected chi connectivity index (χ0v) is 12.4. The summed E-state index contributed by atoms with van der Waals surface area (Å²) in [5.74, 6) is -0.116. The van der Waals surface area contributed by atoms with Gasteiger partial charge in [0.1, 0.15) is 5.75 Å². The maximum atomic E-state index is 11.7. The molecule has 6 heteroatoms. The van der Waals surface area contributed by atoms with Gasteiger partial charge in [-0.1, -0.05) is 18.2 Å². The van der Waals surface area contributed by atoms with E-state index in [1.807, 2.05) is 38.1 Å². The number of carbonyl (C=O) groups is 2. The number of rotatable bonds is 8. The first-order valence-electron chi connectivity index (χ1n) is 7.02. The third kappa shape index (κ3) is 6.16. The molecular formula is C15H22N2O4. The predicted octanol–water partition coefficient (Wildman–Crippen LogP) is 2.31. The van der Waals surface area contributed by atoms with E-state index in [-0.39, 0.29) is 18.5 Å². The third-order valence-electron chi connectivity index (χ3n) is 2.89. The predicted molar refractivity (Wildman–Crippen MR) is 79.4 cm³/mol. The van der Waals surface area contributed by atoms with E-state index in [1.165, 1.54) is 0 Å². The number of carbonyl (C=O) groups excluding carboxylic acids is 1. The van der Waals surface area contributed by atoms with Gasteiger partial charge in [0.2, 0.25) is 0 Å². The highest BCUT2D eigenvalue weighted by atomic mass is 16.5. The van der Waals surface area contributed by atoms with Gasteiger partial charge in [-0.05, 0) is 26.3 Å². The second-order valence-electron chi connectivity index (χ2n) is 4.59. The van der Waals surface area contributed by atoms with Crippen LogP contribution in [0.5, 0.6) is 5.75 Å². The van der Waals surface area contributed by atoms with Crippen molar-refractivity contribution in [1.82, 2.24) is 10.6 Å². The Kier molecular flexibility index (Phi) is 7.08. The molecule has 0 fully saturated rings. The van der Waals surface area contributed by atoms with Crippen LogP contribution in [-0.4, -0.2) is 30.3 Å². The van der Waals surface area contributed by atoms with Gasteiger partial charge in [0.05, 0.1) is 12.6 Å². The van der Waals surface area contributed by atoms with E-state index in [1.54, 1.807) is 0 Å². The molecule has 1 aromatic carbocycles. The normalized spacial score (nSPS) is 11.5. The molecule has 116 valence electrons. The molecule has 0 aliphatic heterocycles. The summed E-state index contributed by atoms with van der Waals surface area (Å²) in [6.45, 7) is 4.67. The van der Waals surface area contributed by atoms with Crippen molar-refractivity contribution < 1.29 is 19.4 Å². The van der Waals surface area contributed by atoms with E-state index in [0.717, 1.165) is 11.3 Å². The number of carboxylic acids is 1. The monoisotopic (exact) mass is 294 g/mol. The fourth-order valence-electron chi connectivity index (χ4n) is 1.89. The Morgan fingerprint density at radius 3 is 2.71 bits per heavy atom. The molecule has 6 nitrogen and oxygen atoms in total. The molecular weight excluding hydrogens is 272 g/mol. The van der Waals surface area contributed by atoms with Crippen molar-refractivity contribution in [2.45, 2.75) is 32.7 Å². The molecule has 3 N–H and O–H groups in total. The average molecular weight is 294 g/mol. The maximum Gasteiger partial charge on any atom is 0.315 e. The summed E-state index contributed by atoms with van der Waals surface area (Å²) in [6.07, 6.45) is 0.454. The average Bonchev–Trinajstić information content (AvgIpc) is 2.44. The van der Waals surface area contributed by atoms with Gasteiger partial charge in [0.15, 0.2) is 0 Å². The summed E-state index contributed by atoms with van der Waals surface area (Å²) in [4.78, 5) is 22.1. The molecule has 0 aromatic heterocycles. The van der Waals surface area contributed by atoms with Crippen LogP contribution in [0.2, 0.25) is 0 Å². The molecule has 1 aromatic rings. The summed E-state index contributed by atoms with van der Waals surface area (Å²) >= 11 is 0. The van der Waals surface area contributed by atoms with Crippen LogP contribution in [0, 0.1) is 0 Å². The van der Waals surface area contributed by atoms with Gasteiger partial charge < -0.3 is 20.5 Å².